The Morgan fingerprint density at radius 2 is 1.86 bits per heavy atom. The standard InChI is InChI=1S/C16H16FNOS2/c1-20-15-9-5-4-8-14(15)18-16(19)11-21-10-12-6-2-3-7-13(12)17/h2-9H,10-11H2,1H3,(H,18,19). The molecule has 0 aromatic heterocycles. The number of nitrogens with one attached hydrogen (secondary N) is 1. The third kappa shape index (κ3) is 4.79. The average Bonchev–Trinajstić information content (AvgIpc) is 2.50. The van der Waals surface area contributed by atoms with E-state index in [1.54, 1.807) is 30.0 Å². The number of amides is 1. The molecule has 2 rings (SSSR count). The van der Waals surface area contributed by atoms with Crippen LogP contribution in [0.1, 0.15) is 5.56 Å². The van der Waals surface area contributed by atoms with Crippen LogP contribution < -0.4 is 5.32 Å². The number of hydrogen-bond donors (Lipinski definition) is 1. The maximum Gasteiger partial charge on any atom is 0.234 e. The summed E-state index contributed by atoms with van der Waals surface area (Å²) in [5.74, 6) is 0.498. The minimum Gasteiger partial charge on any atom is -0.324 e. The van der Waals surface area contributed by atoms with Gasteiger partial charge in [0.15, 0.2) is 0 Å². The highest BCUT2D eigenvalue weighted by atomic mass is 32.2. The zero-order valence-corrected chi connectivity index (χ0v) is 13.3. The zero-order valence-electron chi connectivity index (χ0n) is 11.6. The summed E-state index contributed by atoms with van der Waals surface area (Å²) in [5.41, 5.74) is 1.45. The lowest BCUT2D eigenvalue weighted by molar-refractivity contribution is -0.113. The summed E-state index contributed by atoms with van der Waals surface area (Å²) in [6.45, 7) is 0. The van der Waals surface area contributed by atoms with Crippen molar-refractivity contribution in [2.75, 3.05) is 17.3 Å². The van der Waals surface area contributed by atoms with E-state index in [-0.39, 0.29) is 11.7 Å². The van der Waals surface area contributed by atoms with Crippen molar-refractivity contribution < 1.29 is 9.18 Å². The molecule has 2 aromatic carbocycles. The number of anilines is 1. The Kier molecular flexibility index (Phi) is 6.14. The van der Waals surface area contributed by atoms with Crippen LogP contribution in [0.15, 0.2) is 53.4 Å². The van der Waals surface area contributed by atoms with Crippen molar-refractivity contribution in [3.63, 3.8) is 0 Å². The summed E-state index contributed by atoms with van der Waals surface area (Å²) in [7, 11) is 0. The van der Waals surface area contributed by atoms with Crippen molar-refractivity contribution in [3.05, 3.63) is 59.9 Å². The fourth-order valence-corrected chi connectivity index (χ4v) is 3.17. The van der Waals surface area contributed by atoms with E-state index < -0.39 is 0 Å². The molecule has 0 aliphatic carbocycles. The van der Waals surface area contributed by atoms with E-state index >= 15 is 0 Å². The molecule has 0 spiro atoms. The van der Waals surface area contributed by atoms with Crippen LogP contribution >= 0.6 is 23.5 Å². The minimum absolute atomic E-state index is 0.0714. The number of carbonyl (C=O) groups is 1. The fraction of sp³-hybridized carbons (Fsp3) is 0.188. The smallest absolute Gasteiger partial charge is 0.234 e. The number of thioether (sulfide) groups is 2. The van der Waals surface area contributed by atoms with Crippen molar-refractivity contribution in [3.8, 4) is 0 Å². The fourth-order valence-electron chi connectivity index (χ4n) is 1.80. The van der Waals surface area contributed by atoms with Gasteiger partial charge in [-0.1, -0.05) is 30.3 Å². The Bertz CT molecular complexity index is 619. The van der Waals surface area contributed by atoms with Gasteiger partial charge in [0.2, 0.25) is 5.91 Å². The van der Waals surface area contributed by atoms with Gasteiger partial charge in [0.25, 0.3) is 0 Å². The van der Waals surface area contributed by atoms with Crippen LogP contribution in [0.5, 0.6) is 0 Å². The average molecular weight is 321 g/mol. The largest absolute Gasteiger partial charge is 0.324 e. The summed E-state index contributed by atoms with van der Waals surface area (Å²) in [5, 5.41) is 2.89. The quantitative estimate of drug-likeness (QED) is 0.799. The second-order valence-electron chi connectivity index (χ2n) is 4.33. The van der Waals surface area contributed by atoms with E-state index in [0.29, 0.717) is 17.1 Å². The van der Waals surface area contributed by atoms with Crippen molar-refractivity contribution in [1.82, 2.24) is 0 Å². The first-order valence-electron chi connectivity index (χ1n) is 6.44. The summed E-state index contributed by atoms with van der Waals surface area (Å²) in [4.78, 5) is 13.0. The molecule has 0 heterocycles. The Morgan fingerprint density at radius 1 is 1.14 bits per heavy atom. The molecule has 0 fully saturated rings. The highest BCUT2D eigenvalue weighted by Gasteiger charge is 2.07. The first kappa shape index (κ1) is 15.9. The van der Waals surface area contributed by atoms with Gasteiger partial charge < -0.3 is 5.32 Å². The predicted molar refractivity (Wildman–Crippen MR) is 89.4 cm³/mol. The molecule has 2 aromatic rings. The van der Waals surface area contributed by atoms with Gasteiger partial charge in [-0.25, -0.2) is 4.39 Å². The molecule has 0 atom stereocenters. The van der Waals surface area contributed by atoms with Crippen LogP contribution in [0, 0.1) is 5.82 Å². The molecular formula is C16H16FNOS2. The Labute approximate surface area is 132 Å². The highest BCUT2D eigenvalue weighted by molar-refractivity contribution is 7.99. The van der Waals surface area contributed by atoms with Gasteiger partial charge in [-0.2, -0.15) is 0 Å². The number of rotatable bonds is 6. The zero-order chi connectivity index (χ0) is 15.1. The lowest BCUT2D eigenvalue weighted by Gasteiger charge is -2.09. The Morgan fingerprint density at radius 3 is 2.62 bits per heavy atom. The van der Waals surface area contributed by atoms with Crippen LogP contribution in [0.3, 0.4) is 0 Å². The topological polar surface area (TPSA) is 29.1 Å². The van der Waals surface area contributed by atoms with E-state index in [9.17, 15) is 9.18 Å². The first-order chi connectivity index (χ1) is 10.2. The lowest BCUT2D eigenvalue weighted by atomic mass is 10.2. The van der Waals surface area contributed by atoms with Crippen molar-refractivity contribution >= 4 is 35.1 Å². The molecule has 0 bridgehead atoms. The molecule has 0 unspecified atom stereocenters. The molecule has 0 saturated heterocycles. The maximum absolute atomic E-state index is 13.4. The highest BCUT2D eigenvalue weighted by Crippen LogP contribution is 2.25. The van der Waals surface area contributed by atoms with Crippen LogP contribution in [0.2, 0.25) is 0 Å². The Hall–Kier alpha value is -1.46. The van der Waals surface area contributed by atoms with E-state index in [2.05, 4.69) is 5.32 Å². The van der Waals surface area contributed by atoms with Gasteiger partial charge in [-0.05, 0) is 30.0 Å². The molecule has 0 radical (unpaired) electrons. The van der Waals surface area contributed by atoms with Crippen molar-refractivity contribution in [2.45, 2.75) is 10.6 Å². The van der Waals surface area contributed by atoms with Gasteiger partial charge in [0.1, 0.15) is 5.82 Å². The first-order valence-corrected chi connectivity index (χ1v) is 8.82. The van der Waals surface area contributed by atoms with E-state index in [0.717, 1.165) is 10.6 Å². The molecular weight excluding hydrogens is 305 g/mol. The monoisotopic (exact) mass is 321 g/mol. The second kappa shape index (κ2) is 8.10. The number of halogens is 1. The summed E-state index contributed by atoms with van der Waals surface area (Å²) in [6, 6.07) is 14.3. The minimum atomic E-state index is -0.224. The second-order valence-corrected chi connectivity index (χ2v) is 6.17. The maximum atomic E-state index is 13.4. The molecule has 0 aliphatic rings. The third-order valence-corrected chi connectivity index (χ3v) is 4.61. The van der Waals surface area contributed by atoms with Crippen LogP contribution in [-0.4, -0.2) is 17.9 Å². The molecule has 0 aliphatic heterocycles. The van der Waals surface area contributed by atoms with Crippen LogP contribution in [0.4, 0.5) is 10.1 Å². The van der Waals surface area contributed by atoms with Gasteiger partial charge in [0.05, 0.1) is 11.4 Å². The number of benzene rings is 2. The molecule has 1 N–H and O–H groups in total. The lowest BCUT2D eigenvalue weighted by Crippen LogP contribution is -2.14. The van der Waals surface area contributed by atoms with Gasteiger partial charge >= 0.3 is 0 Å². The normalized spacial score (nSPS) is 10.4. The summed E-state index contributed by atoms with van der Waals surface area (Å²) in [6.07, 6.45) is 1.97. The van der Waals surface area contributed by atoms with Crippen LogP contribution in [0.25, 0.3) is 0 Å². The van der Waals surface area contributed by atoms with Gasteiger partial charge in [-0.15, -0.1) is 23.5 Å². The van der Waals surface area contributed by atoms with Gasteiger partial charge in [0, 0.05) is 10.6 Å². The summed E-state index contributed by atoms with van der Waals surface area (Å²) >= 11 is 2.99. The number of carbonyl (C=O) groups excluding carboxylic acids is 1. The predicted octanol–water partition coefficient (Wildman–Crippen LogP) is 4.42. The van der Waals surface area contributed by atoms with E-state index in [1.807, 2.05) is 30.5 Å². The molecule has 1 amide bonds. The van der Waals surface area contributed by atoms with Crippen molar-refractivity contribution in [2.24, 2.45) is 0 Å². The third-order valence-electron chi connectivity index (χ3n) is 2.83. The van der Waals surface area contributed by atoms with Crippen molar-refractivity contribution in [1.29, 1.82) is 0 Å². The van der Waals surface area contributed by atoms with Crippen LogP contribution in [-0.2, 0) is 10.5 Å². The molecule has 21 heavy (non-hydrogen) atoms. The van der Waals surface area contributed by atoms with E-state index in [4.69, 9.17) is 0 Å². The Balaban J connectivity index is 1.84. The molecule has 110 valence electrons. The van der Waals surface area contributed by atoms with Gasteiger partial charge in [-0.3, -0.25) is 4.79 Å². The SMILES string of the molecule is CSc1ccccc1NC(=O)CSCc1ccccc1F. The molecule has 5 heteroatoms. The van der Waals surface area contributed by atoms with E-state index in [1.165, 1.54) is 17.8 Å². The molecule has 0 saturated carbocycles. The summed E-state index contributed by atoms with van der Waals surface area (Å²) < 4.78 is 13.4. The number of hydrogen-bond acceptors (Lipinski definition) is 3. The number of para-hydroxylation sites is 1. The molecule has 2 nitrogen and oxygen atoms in total.